The summed E-state index contributed by atoms with van der Waals surface area (Å²) >= 11 is 0. The van der Waals surface area contributed by atoms with Gasteiger partial charge < -0.3 is 10.6 Å². The van der Waals surface area contributed by atoms with Crippen molar-refractivity contribution in [3.05, 3.63) is 65.6 Å². The number of pyridine rings is 1. The average molecular weight is 550 g/mol. The number of anilines is 2. The Bertz CT molecular complexity index is 1710. The summed E-state index contributed by atoms with van der Waals surface area (Å²) in [6, 6.07) is 12.9. The van der Waals surface area contributed by atoms with Crippen molar-refractivity contribution in [2.45, 2.75) is 25.6 Å². The first kappa shape index (κ1) is 26.4. The van der Waals surface area contributed by atoms with Crippen LogP contribution in [0.5, 0.6) is 0 Å². The van der Waals surface area contributed by atoms with Gasteiger partial charge in [-0.05, 0) is 48.4 Å². The second-order valence-corrected chi connectivity index (χ2v) is 11.2. The Morgan fingerprint density at radius 3 is 2.59 bits per heavy atom. The van der Waals surface area contributed by atoms with E-state index in [4.69, 9.17) is 5.26 Å². The number of hydrogen-bond acceptors (Lipinski definition) is 8. The third-order valence-electron chi connectivity index (χ3n) is 6.38. The molecule has 1 fully saturated rings. The van der Waals surface area contributed by atoms with E-state index >= 15 is 4.39 Å². The van der Waals surface area contributed by atoms with Gasteiger partial charge in [-0.2, -0.15) is 5.26 Å². The zero-order valence-corrected chi connectivity index (χ0v) is 22.0. The Labute approximate surface area is 224 Å². The van der Waals surface area contributed by atoms with Gasteiger partial charge in [0.25, 0.3) is 0 Å². The van der Waals surface area contributed by atoms with E-state index in [9.17, 15) is 12.8 Å². The Morgan fingerprint density at radius 2 is 1.90 bits per heavy atom. The molecule has 0 spiro atoms. The first-order valence-corrected chi connectivity index (χ1v) is 14.1. The van der Waals surface area contributed by atoms with E-state index in [0.717, 1.165) is 11.8 Å². The van der Waals surface area contributed by atoms with Crippen LogP contribution in [0.1, 0.15) is 17.5 Å². The Balaban J connectivity index is 1.59. The van der Waals surface area contributed by atoms with Crippen molar-refractivity contribution in [2.24, 2.45) is 0 Å². The molecule has 0 amide bonds. The molecule has 3 N–H and O–H groups in total. The lowest BCUT2D eigenvalue weighted by Crippen LogP contribution is -2.44. The Kier molecular flexibility index (Phi) is 7.12. The lowest BCUT2D eigenvalue weighted by Gasteiger charge is -2.26. The number of hydrogen-bond donors (Lipinski definition) is 3. The molecule has 4 aromatic rings. The quantitative estimate of drug-likeness (QED) is 0.327. The summed E-state index contributed by atoms with van der Waals surface area (Å²) in [5.41, 5.74) is 3.46. The Morgan fingerprint density at radius 1 is 1.13 bits per heavy atom. The maximum Gasteiger partial charge on any atom is 0.229 e. The van der Waals surface area contributed by atoms with Crippen LogP contribution in [0.3, 0.4) is 0 Å². The van der Waals surface area contributed by atoms with Crippen molar-refractivity contribution in [3.8, 4) is 28.5 Å². The van der Waals surface area contributed by atoms with Gasteiger partial charge in [-0.15, -0.1) is 0 Å². The lowest BCUT2D eigenvalue weighted by molar-refractivity contribution is 0.254. The fourth-order valence-corrected chi connectivity index (χ4v) is 5.19. The van der Waals surface area contributed by atoms with Crippen LogP contribution in [0, 0.1) is 24.1 Å². The van der Waals surface area contributed by atoms with Gasteiger partial charge in [0.2, 0.25) is 16.0 Å². The van der Waals surface area contributed by atoms with Gasteiger partial charge in [0, 0.05) is 36.7 Å². The van der Waals surface area contributed by atoms with Crippen LogP contribution in [0.15, 0.2) is 48.7 Å². The number of aryl methyl sites for hydroxylation is 1. The number of nitrogens with one attached hydrogen (secondary N) is 3. The minimum absolute atomic E-state index is 0.129. The predicted molar refractivity (Wildman–Crippen MR) is 146 cm³/mol. The van der Waals surface area contributed by atoms with Gasteiger partial charge in [0.15, 0.2) is 5.82 Å². The van der Waals surface area contributed by atoms with Gasteiger partial charge in [-0.3, -0.25) is 4.72 Å². The van der Waals surface area contributed by atoms with Crippen molar-refractivity contribution in [1.29, 1.82) is 5.26 Å². The molecule has 0 aliphatic carbocycles. The molecule has 2 atom stereocenters. The first-order valence-electron chi connectivity index (χ1n) is 12.2. The summed E-state index contributed by atoms with van der Waals surface area (Å²) in [6.07, 6.45) is 1.92. The smallest absolute Gasteiger partial charge is 0.229 e. The first-order chi connectivity index (χ1) is 18.6. The zero-order chi connectivity index (χ0) is 27.7. The van der Waals surface area contributed by atoms with Crippen LogP contribution in [0.4, 0.5) is 20.4 Å². The second kappa shape index (κ2) is 10.5. The Hall–Kier alpha value is -4.21. The van der Waals surface area contributed by atoms with Crippen molar-refractivity contribution < 1.29 is 17.2 Å². The van der Waals surface area contributed by atoms with E-state index in [1.54, 1.807) is 42.6 Å². The largest absolute Gasteiger partial charge is 0.350 e. The number of alkyl halides is 1. The number of sulfonamides is 1. The van der Waals surface area contributed by atoms with E-state index in [2.05, 4.69) is 30.3 Å². The monoisotopic (exact) mass is 549 g/mol. The molecule has 12 heteroatoms. The van der Waals surface area contributed by atoms with E-state index in [-0.39, 0.29) is 17.3 Å². The molecule has 0 saturated carbocycles. The number of halogens is 2. The van der Waals surface area contributed by atoms with E-state index in [1.165, 1.54) is 6.07 Å². The summed E-state index contributed by atoms with van der Waals surface area (Å²) in [6.45, 7) is 2.78. The minimum Gasteiger partial charge on any atom is -0.350 e. The summed E-state index contributed by atoms with van der Waals surface area (Å²) in [7, 11) is -3.74. The molecule has 2 aromatic heterocycles. The van der Waals surface area contributed by atoms with Crippen molar-refractivity contribution in [2.75, 3.05) is 29.4 Å². The second-order valence-electron chi connectivity index (χ2n) is 9.50. The number of rotatable bonds is 6. The number of piperidine rings is 1. The molecule has 39 heavy (non-hydrogen) atoms. The SMILES string of the molecule is Cc1cc(-c2ccc(NS(C)(=O)=O)c(F)c2-c2ccc(C#N)cc2)nc2cnc(N[C@@H]3CNC[C@@H](F)C3)nc12. The van der Waals surface area contributed by atoms with Crippen LogP contribution in [-0.2, 0) is 10.0 Å². The van der Waals surface area contributed by atoms with Gasteiger partial charge >= 0.3 is 0 Å². The standard InChI is InChI=1S/C27H25F2N7O2S/c1-15-9-22(34-23-14-32-27(35-26(15)23)33-19-10-18(28)12-31-13-19)20-7-8-21(36-39(2,37)38)25(29)24(20)17-5-3-16(11-30)4-6-17/h3-9,14,18-19,31,36H,10,12-13H2,1-2H3,(H,32,33,35)/t18-,19-/m0/s1. The zero-order valence-electron chi connectivity index (χ0n) is 21.2. The molecule has 5 rings (SSSR count). The summed E-state index contributed by atoms with van der Waals surface area (Å²) in [5.74, 6) is -0.410. The lowest BCUT2D eigenvalue weighted by atomic mass is 9.94. The molecule has 3 heterocycles. The number of benzene rings is 2. The number of nitrogens with zero attached hydrogens (tertiary/aromatic N) is 4. The highest BCUT2D eigenvalue weighted by Crippen LogP contribution is 2.38. The fourth-order valence-electron chi connectivity index (χ4n) is 4.63. The van der Waals surface area contributed by atoms with Gasteiger partial charge in [0.05, 0.1) is 41.0 Å². The highest BCUT2D eigenvalue weighted by molar-refractivity contribution is 7.92. The molecule has 0 radical (unpaired) electrons. The van der Waals surface area contributed by atoms with Crippen molar-refractivity contribution in [1.82, 2.24) is 20.3 Å². The van der Waals surface area contributed by atoms with Crippen LogP contribution in [0.25, 0.3) is 33.4 Å². The molecule has 1 aliphatic heterocycles. The van der Waals surface area contributed by atoms with Crippen LogP contribution >= 0.6 is 0 Å². The van der Waals surface area contributed by atoms with E-state index in [0.29, 0.717) is 58.9 Å². The highest BCUT2D eigenvalue weighted by Gasteiger charge is 2.23. The van der Waals surface area contributed by atoms with Gasteiger partial charge in [-0.25, -0.2) is 32.2 Å². The molecule has 1 saturated heterocycles. The molecule has 1 aliphatic rings. The number of aromatic nitrogens is 3. The molecule has 200 valence electrons. The van der Waals surface area contributed by atoms with Crippen molar-refractivity contribution in [3.63, 3.8) is 0 Å². The molecule has 9 nitrogen and oxygen atoms in total. The molecular weight excluding hydrogens is 524 g/mol. The topological polar surface area (TPSA) is 133 Å². The van der Waals surface area contributed by atoms with E-state index < -0.39 is 22.0 Å². The number of fused-ring (bicyclic) bond motifs is 1. The normalized spacial score (nSPS) is 17.5. The van der Waals surface area contributed by atoms with Crippen LogP contribution in [-0.4, -0.2) is 54.9 Å². The van der Waals surface area contributed by atoms with E-state index in [1.807, 2.05) is 13.0 Å². The highest BCUT2D eigenvalue weighted by atomic mass is 32.2. The maximum atomic E-state index is 15.9. The van der Waals surface area contributed by atoms with Crippen LogP contribution in [0.2, 0.25) is 0 Å². The summed E-state index contributed by atoms with van der Waals surface area (Å²) < 4.78 is 55.5. The summed E-state index contributed by atoms with van der Waals surface area (Å²) in [5, 5.41) is 15.4. The minimum atomic E-state index is -3.74. The average Bonchev–Trinajstić information content (AvgIpc) is 2.89. The predicted octanol–water partition coefficient (Wildman–Crippen LogP) is 4.16. The molecule has 2 aromatic carbocycles. The van der Waals surface area contributed by atoms with Crippen molar-refractivity contribution >= 4 is 32.7 Å². The maximum absolute atomic E-state index is 15.9. The fraction of sp³-hybridized carbons (Fsp3) is 0.259. The number of nitriles is 1. The third kappa shape index (κ3) is 5.79. The molecule has 0 bridgehead atoms. The third-order valence-corrected chi connectivity index (χ3v) is 6.97. The van der Waals surface area contributed by atoms with Gasteiger partial charge in [-0.1, -0.05) is 12.1 Å². The van der Waals surface area contributed by atoms with Gasteiger partial charge in [0.1, 0.15) is 11.7 Å². The summed E-state index contributed by atoms with van der Waals surface area (Å²) in [4.78, 5) is 13.6. The molecular formula is C27H25F2N7O2S. The molecule has 0 unspecified atom stereocenters. The van der Waals surface area contributed by atoms with Crippen LogP contribution < -0.4 is 15.4 Å².